The molecule has 0 aliphatic carbocycles. The van der Waals surface area contributed by atoms with E-state index < -0.39 is 0 Å². The lowest BCUT2D eigenvalue weighted by Gasteiger charge is -2.16. The first-order chi connectivity index (χ1) is 12.6. The van der Waals surface area contributed by atoms with Gasteiger partial charge >= 0.3 is 0 Å². The van der Waals surface area contributed by atoms with E-state index in [0.717, 1.165) is 16.7 Å². The fourth-order valence-electron chi connectivity index (χ4n) is 3.09. The number of anilines is 1. The maximum Gasteiger partial charge on any atom is 0.229 e. The number of carbonyl (C=O) groups excluding carboxylic acids is 1. The number of hydrogen-bond donors (Lipinski definition) is 1. The minimum absolute atomic E-state index is 0.0309. The van der Waals surface area contributed by atoms with E-state index in [1.54, 1.807) is 41.6 Å². The van der Waals surface area contributed by atoms with Gasteiger partial charge in [0.15, 0.2) is 0 Å². The van der Waals surface area contributed by atoms with Crippen LogP contribution in [0, 0.1) is 5.82 Å². The summed E-state index contributed by atoms with van der Waals surface area (Å²) in [5, 5.41) is 0. The highest BCUT2D eigenvalue weighted by Crippen LogP contribution is 2.24. The number of hydrogen-bond acceptors (Lipinski definition) is 4. The molecule has 26 heavy (non-hydrogen) atoms. The van der Waals surface area contributed by atoms with Crippen molar-refractivity contribution in [1.82, 2.24) is 14.9 Å². The summed E-state index contributed by atoms with van der Waals surface area (Å²) in [6.45, 7) is 1.13. The first kappa shape index (κ1) is 16.2. The summed E-state index contributed by atoms with van der Waals surface area (Å²) >= 11 is 0. The van der Waals surface area contributed by atoms with Gasteiger partial charge in [-0.2, -0.15) is 0 Å². The average molecular weight is 348 g/mol. The number of benzene rings is 1. The minimum atomic E-state index is -0.303. The van der Waals surface area contributed by atoms with Crippen molar-refractivity contribution in [2.45, 2.75) is 19.5 Å². The lowest BCUT2D eigenvalue weighted by Crippen LogP contribution is -2.27. The van der Waals surface area contributed by atoms with Crippen LogP contribution in [0.4, 0.5) is 10.1 Å². The van der Waals surface area contributed by atoms with Crippen LogP contribution in [0.15, 0.2) is 54.9 Å². The Morgan fingerprint density at radius 2 is 1.85 bits per heavy atom. The zero-order valence-corrected chi connectivity index (χ0v) is 14.0. The van der Waals surface area contributed by atoms with E-state index in [4.69, 9.17) is 5.73 Å². The largest absolute Gasteiger partial charge is 0.397 e. The van der Waals surface area contributed by atoms with Crippen LogP contribution in [0.2, 0.25) is 0 Å². The molecular weight excluding hydrogens is 331 g/mol. The van der Waals surface area contributed by atoms with Gasteiger partial charge < -0.3 is 10.6 Å². The molecule has 1 amide bonds. The number of nitrogen functional groups attached to an aromatic ring is 1. The molecule has 2 N–H and O–H groups in total. The van der Waals surface area contributed by atoms with Crippen molar-refractivity contribution in [3.8, 4) is 11.3 Å². The van der Waals surface area contributed by atoms with Crippen LogP contribution in [0.25, 0.3) is 11.3 Å². The molecule has 2 aromatic heterocycles. The summed E-state index contributed by atoms with van der Waals surface area (Å²) in [6, 6.07) is 11.5. The van der Waals surface area contributed by atoms with Crippen molar-refractivity contribution in [3.63, 3.8) is 0 Å². The predicted octanol–water partition coefficient (Wildman–Crippen LogP) is 2.95. The molecule has 3 heterocycles. The minimum Gasteiger partial charge on any atom is -0.397 e. The van der Waals surface area contributed by atoms with Gasteiger partial charge in [-0.3, -0.25) is 14.8 Å². The highest BCUT2D eigenvalue weighted by Gasteiger charge is 2.24. The fraction of sp³-hybridized carbons (Fsp3) is 0.150. The van der Waals surface area contributed by atoms with Gasteiger partial charge in [-0.05, 0) is 53.6 Å². The third-order valence-corrected chi connectivity index (χ3v) is 4.55. The molecule has 0 saturated heterocycles. The van der Waals surface area contributed by atoms with Crippen LogP contribution < -0.4 is 5.73 Å². The number of pyridine rings is 2. The molecule has 0 unspecified atom stereocenters. The summed E-state index contributed by atoms with van der Waals surface area (Å²) in [4.78, 5) is 23.1. The van der Waals surface area contributed by atoms with Gasteiger partial charge in [-0.1, -0.05) is 0 Å². The van der Waals surface area contributed by atoms with E-state index >= 15 is 0 Å². The second-order valence-electron chi connectivity index (χ2n) is 6.31. The third-order valence-electron chi connectivity index (χ3n) is 4.55. The molecule has 1 aromatic carbocycles. The van der Waals surface area contributed by atoms with Crippen LogP contribution >= 0.6 is 0 Å². The number of nitrogens with two attached hydrogens (primary N) is 1. The molecule has 1 aliphatic rings. The number of halogens is 1. The zero-order chi connectivity index (χ0) is 18.1. The Balaban J connectivity index is 1.54. The fourth-order valence-corrected chi connectivity index (χ4v) is 3.09. The molecular formula is C20H17FN4O. The Bertz CT molecular complexity index is 947. The first-order valence-corrected chi connectivity index (χ1v) is 8.31. The normalized spacial score (nSPS) is 12.9. The van der Waals surface area contributed by atoms with Gasteiger partial charge in [0, 0.05) is 31.0 Å². The maximum absolute atomic E-state index is 13.1. The molecule has 6 heteroatoms. The Labute approximate surface area is 150 Å². The highest BCUT2D eigenvalue weighted by molar-refractivity contribution is 5.80. The topological polar surface area (TPSA) is 72.1 Å². The Morgan fingerprint density at radius 3 is 2.62 bits per heavy atom. The number of fused-ring (bicyclic) bond motifs is 1. The monoisotopic (exact) mass is 348 g/mol. The van der Waals surface area contributed by atoms with Crippen molar-refractivity contribution in [3.05, 3.63) is 77.5 Å². The van der Waals surface area contributed by atoms with Crippen molar-refractivity contribution in [2.75, 3.05) is 5.73 Å². The number of carbonyl (C=O) groups is 1. The summed E-state index contributed by atoms with van der Waals surface area (Å²) in [5.41, 5.74) is 10.7. The number of amides is 1. The SMILES string of the molecule is Nc1ccc(-c2ccc(F)cc2)nc1CC(=O)N1Cc2ccncc2C1. The van der Waals surface area contributed by atoms with Gasteiger partial charge in [-0.25, -0.2) is 4.39 Å². The van der Waals surface area contributed by atoms with Gasteiger partial charge in [0.1, 0.15) is 5.82 Å². The van der Waals surface area contributed by atoms with E-state index in [2.05, 4.69) is 9.97 Å². The van der Waals surface area contributed by atoms with Crippen LogP contribution in [0.5, 0.6) is 0 Å². The second-order valence-corrected chi connectivity index (χ2v) is 6.31. The van der Waals surface area contributed by atoms with Crippen LogP contribution in [0.1, 0.15) is 16.8 Å². The molecule has 0 fully saturated rings. The second kappa shape index (κ2) is 6.55. The third kappa shape index (κ3) is 3.13. The van der Waals surface area contributed by atoms with Crippen LogP contribution in [-0.2, 0) is 24.3 Å². The molecule has 0 atom stereocenters. The van der Waals surface area contributed by atoms with Crippen molar-refractivity contribution in [1.29, 1.82) is 0 Å². The lowest BCUT2D eigenvalue weighted by molar-refractivity contribution is -0.131. The van der Waals surface area contributed by atoms with E-state index in [1.807, 2.05) is 6.07 Å². The molecule has 5 nitrogen and oxygen atoms in total. The zero-order valence-electron chi connectivity index (χ0n) is 14.0. The Hall–Kier alpha value is -3.28. The molecule has 0 bridgehead atoms. The molecule has 0 saturated carbocycles. The van der Waals surface area contributed by atoms with Crippen LogP contribution in [-0.4, -0.2) is 20.8 Å². The Kier molecular flexibility index (Phi) is 4.08. The van der Waals surface area contributed by atoms with E-state index in [-0.39, 0.29) is 18.1 Å². The Morgan fingerprint density at radius 1 is 1.08 bits per heavy atom. The molecule has 0 spiro atoms. The number of aromatic nitrogens is 2. The standard InChI is InChI=1S/C20H17FN4O/c21-16-3-1-13(2-4-16)18-6-5-17(22)19(24-18)9-20(26)25-11-14-7-8-23-10-15(14)12-25/h1-8,10H,9,11-12,22H2. The smallest absolute Gasteiger partial charge is 0.229 e. The summed E-state index contributed by atoms with van der Waals surface area (Å²) in [5.74, 6) is -0.334. The van der Waals surface area contributed by atoms with Crippen molar-refractivity contribution in [2.24, 2.45) is 0 Å². The quantitative estimate of drug-likeness (QED) is 0.790. The molecule has 3 aromatic rings. The van der Waals surface area contributed by atoms with Gasteiger partial charge in [0.05, 0.1) is 23.5 Å². The summed E-state index contributed by atoms with van der Waals surface area (Å²) in [7, 11) is 0. The van der Waals surface area contributed by atoms with Gasteiger partial charge in [-0.15, -0.1) is 0 Å². The lowest BCUT2D eigenvalue weighted by atomic mass is 10.1. The molecule has 0 radical (unpaired) electrons. The van der Waals surface area contributed by atoms with Gasteiger partial charge in [0.2, 0.25) is 5.91 Å². The number of rotatable bonds is 3. The maximum atomic E-state index is 13.1. The van der Waals surface area contributed by atoms with Gasteiger partial charge in [0.25, 0.3) is 0 Å². The first-order valence-electron chi connectivity index (χ1n) is 8.31. The average Bonchev–Trinajstić information content (AvgIpc) is 3.09. The number of nitrogens with zero attached hydrogens (tertiary/aromatic N) is 3. The summed E-state index contributed by atoms with van der Waals surface area (Å²) < 4.78 is 13.1. The molecule has 1 aliphatic heterocycles. The van der Waals surface area contributed by atoms with Crippen molar-refractivity contribution >= 4 is 11.6 Å². The predicted molar refractivity (Wildman–Crippen MR) is 96.2 cm³/mol. The summed E-state index contributed by atoms with van der Waals surface area (Å²) in [6.07, 6.45) is 3.66. The van der Waals surface area contributed by atoms with Crippen molar-refractivity contribution < 1.29 is 9.18 Å². The van der Waals surface area contributed by atoms with Crippen LogP contribution in [0.3, 0.4) is 0 Å². The molecule has 4 rings (SSSR count). The van der Waals surface area contributed by atoms with E-state index in [0.29, 0.717) is 30.2 Å². The van der Waals surface area contributed by atoms with E-state index in [1.165, 1.54) is 12.1 Å². The molecule has 130 valence electrons. The van der Waals surface area contributed by atoms with E-state index in [9.17, 15) is 9.18 Å². The highest BCUT2D eigenvalue weighted by atomic mass is 19.1.